The number of benzene rings is 1. The molecular formula is C20H21N3O3. The Morgan fingerprint density at radius 1 is 1.19 bits per heavy atom. The first-order chi connectivity index (χ1) is 12.5. The number of nitrogens with one attached hydrogen (secondary N) is 1. The van der Waals surface area contributed by atoms with Crippen LogP contribution in [0.25, 0.3) is 0 Å². The van der Waals surface area contributed by atoms with Gasteiger partial charge >= 0.3 is 0 Å². The van der Waals surface area contributed by atoms with Crippen molar-refractivity contribution >= 4 is 23.4 Å². The van der Waals surface area contributed by atoms with Gasteiger partial charge in [-0.05, 0) is 49.2 Å². The van der Waals surface area contributed by atoms with Crippen LogP contribution in [0.5, 0.6) is 0 Å². The molecular weight excluding hydrogens is 330 g/mol. The summed E-state index contributed by atoms with van der Waals surface area (Å²) in [6.07, 6.45) is 2.86. The Labute approximate surface area is 152 Å². The molecule has 1 atom stereocenters. The van der Waals surface area contributed by atoms with Crippen molar-refractivity contribution in [3.8, 4) is 0 Å². The Kier molecular flexibility index (Phi) is 5.11. The number of hydrogen-bond donors (Lipinski definition) is 1. The lowest BCUT2D eigenvalue weighted by Crippen LogP contribution is -2.30. The van der Waals surface area contributed by atoms with Crippen molar-refractivity contribution in [2.75, 3.05) is 4.90 Å². The smallest absolute Gasteiger partial charge is 0.251 e. The number of aryl methyl sites for hydroxylation is 1. The molecule has 134 valence electrons. The van der Waals surface area contributed by atoms with Crippen molar-refractivity contribution < 1.29 is 14.4 Å². The highest BCUT2D eigenvalue weighted by Crippen LogP contribution is 2.24. The maximum atomic E-state index is 12.7. The number of rotatable bonds is 5. The van der Waals surface area contributed by atoms with Crippen LogP contribution < -0.4 is 10.2 Å². The number of carbonyl (C=O) groups is 3. The van der Waals surface area contributed by atoms with Crippen molar-refractivity contribution in [3.63, 3.8) is 0 Å². The maximum absolute atomic E-state index is 12.7. The van der Waals surface area contributed by atoms with Gasteiger partial charge in [0.25, 0.3) is 5.91 Å². The number of hydrogen-bond acceptors (Lipinski definition) is 4. The maximum Gasteiger partial charge on any atom is 0.251 e. The first kappa shape index (κ1) is 17.8. The van der Waals surface area contributed by atoms with Crippen LogP contribution in [0.15, 0.2) is 42.6 Å². The lowest BCUT2D eigenvalue weighted by Gasteiger charge is -2.18. The number of nitrogens with zero attached hydrogens (tertiary/aromatic N) is 2. The van der Waals surface area contributed by atoms with Crippen molar-refractivity contribution in [1.82, 2.24) is 10.3 Å². The minimum atomic E-state index is -0.263. The first-order valence-corrected chi connectivity index (χ1v) is 8.69. The number of amides is 3. The standard InChI is InChI=1S/C20H21N3O3/c1-3-16(17-11-13(2)9-10-21-17)22-20(26)14-5-4-6-15(12-14)23-18(24)7-8-19(23)25/h4-6,9-12,16H,3,7-8H2,1-2H3,(H,22,26). The molecule has 0 radical (unpaired) electrons. The van der Waals surface area contributed by atoms with Crippen molar-refractivity contribution in [3.05, 3.63) is 59.4 Å². The zero-order valence-electron chi connectivity index (χ0n) is 14.9. The summed E-state index contributed by atoms with van der Waals surface area (Å²) in [5.74, 6) is -0.730. The summed E-state index contributed by atoms with van der Waals surface area (Å²) in [4.78, 5) is 42.0. The van der Waals surface area contributed by atoms with Gasteiger partial charge in [0.1, 0.15) is 0 Å². The van der Waals surface area contributed by atoms with E-state index in [9.17, 15) is 14.4 Å². The lowest BCUT2D eigenvalue weighted by atomic mass is 10.1. The molecule has 1 unspecified atom stereocenters. The van der Waals surface area contributed by atoms with Gasteiger partial charge in [-0.3, -0.25) is 24.3 Å². The molecule has 1 aromatic carbocycles. The molecule has 3 rings (SSSR count). The zero-order valence-corrected chi connectivity index (χ0v) is 14.9. The Morgan fingerprint density at radius 3 is 2.58 bits per heavy atom. The van der Waals surface area contributed by atoms with E-state index in [0.717, 1.165) is 16.2 Å². The summed E-state index contributed by atoms with van der Waals surface area (Å²) >= 11 is 0. The van der Waals surface area contributed by atoms with Gasteiger partial charge in [-0.15, -0.1) is 0 Å². The highest BCUT2D eigenvalue weighted by Gasteiger charge is 2.30. The van der Waals surface area contributed by atoms with Crippen molar-refractivity contribution in [2.45, 2.75) is 39.2 Å². The molecule has 1 aliphatic rings. The van der Waals surface area contributed by atoms with E-state index in [1.54, 1.807) is 30.5 Å². The molecule has 2 heterocycles. The number of carbonyl (C=O) groups excluding carboxylic acids is 3. The summed E-state index contributed by atoms with van der Waals surface area (Å²) in [5, 5.41) is 2.98. The topological polar surface area (TPSA) is 79.4 Å². The molecule has 1 saturated heterocycles. The van der Waals surface area contributed by atoms with E-state index in [-0.39, 0.29) is 36.6 Å². The van der Waals surface area contributed by atoms with Crippen LogP contribution in [0, 0.1) is 6.92 Å². The van der Waals surface area contributed by atoms with Gasteiger partial charge in [-0.25, -0.2) is 0 Å². The molecule has 0 bridgehead atoms. The van der Waals surface area contributed by atoms with E-state index in [2.05, 4.69) is 10.3 Å². The third-order valence-electron chi connectivity index (χ3n) is 4.43. The number of imide groups is 1. The molecule has 2 aromatic rings. The molecule has 26 heavy (non-hydrogen) atoms. The Morgan fingerprint density at radius 2 is 1.92 bits per heavy atom. The van der Waals surface area contributed by atoms with Gasteiger partial charge < -0.3 is 5.32 Å². The molecule has 1 aromatic heterocycles. The minimum absolute atomic E-state index is 0.207. The molecule has 0 aliphatic carbocycles. The monoisotopic (exact) mass is 351 g/mol. The van der Waals surface area contributed by atoms with E-state index in [1.807, 2.05) is 26.0 Å². The highest BCUT2D eigenvalue weighted by molar-refractivity contribution is 6.20. The van der Waals surface area contributed by atoms with Gasteiger partial charge in [0.05, 0.1) is 17.4 Å². The third kappa shape index (κ3) is 3.64. The predicted molar refractivity (Wildman–Crippen MR) is 97.6 cm³/mol. The predicted octanol–water partition coefficient (Wildman–Crippen LogP) is 2.92. The van der Waals surface area contributed by atoms with Crippen LogP contribution in [0.4, 0.5) is 5.69 Å². The fourth-order valence-corrected chi connectivity index (χ4v) is 3.03. The number of pyridine rings is 1. The lowest BCUT2D eigenvalue weighted by molar-refractivity contribution is -0.121. The van der Waals surface area contributed by atoms with E-state index in [4.69, 9.17) is 0 Å². The van der Waals surface area contributed by atoms with Crippen LogP contribution in [-0.4, -0.2) is 22.7 Å². The minimum Gasteiger partial charge on any atom is -0.344 e. The van der Waals surface area contributed by atoms with Crippen LogP contribution in [0.2, 0.25) is 0 Å². The van der Waals surface area contributed by atoms with Gasteiger partial charge in [0.15, 0.2) is 0 Å². The van der Waals surface area contributed by atoms with E-state index in [1.165, 1.54) is 0 Å². The average Bonchev–Trinajstić information content (AvgIpc) is 2.98. The third-order valence-corrected chi connectivity index (χ3v) is 4.43. The van der Waals surface area contributed by atoms with E-state index >= 15 is 0 Å². The summed E-state index contributed by atoms with van der Waals surface area (Å²) in [6, 6.07) is 10.2. The summed E-state index contributed by atoms with van der Waals surface area (Å²) < 4.78 is 0. The average molecular weight is 351 g/mol. The van der Waals surface area contributed by atoms with E-state index < -0.39 is 0 Å². The molecule has 1 fully saturated rings. The normalized spacial score (nSPS) is 15.2. The first-order valence-electron chi connectivity index (χ1n) is 8.69. The Balaban J connectivity index is 1.80. The van der Waals surface area contributed by atoms with Crippen LogP contribution in [0.1, 0.15) is 53.8 Å². The van der Waals surface area contributed by atoms with E-state index in [0.29, 0.717) is 17.7 Å². The molecule has 6 nitrogen and oxygen atoms in total. The molecule has 1 N–H and O–H groups in total. The molecule has 3 amide bonds. The quantitative estimate of drug-likeness (QED) is 0.840. The second-order valence-corrected chi connectivity index (χ2v) is 6.37. The molecule has 1 aliphatic heterocycles. The van der Waals surface area contributed by atoms with Gasteiger partial charge in [0.2, 0.25) is 11.8 Å². The Hall–Kier alpha value is -3.02. The second-order valence-electron chi connectivity index (χ2n) is 6.37. The summed E-state index contributed by atoms with van der Waals surface area (Å²) in [5.41, 5.74) is 2.73. The van der Waals surface area contributed by atoms with Crippen molar-refractivity contribution in [2.24, 2.45) is 0 Å². The number of aromatic nitrogens is 1. The summed E-state index contributed by atoms with van der Waals surface area (Å²) in [7, 11) is 0. The molecule has 0 saturated carbocycles. The zero-order chi connectivity index (χ0) is 18.7. The van der Waals surface area contributed by atoms with Gasteiger partial charge in [-0.1, -0.05) is 13.0 Å². The fourth-order valence-electron chi connectivity index (χ4n) is 3.03. The molecule has 0 spiro atoms. The van der Waals surface area contributed by atoms with Crippen molar-refractivity contribution in [1.29, 1.82) is 0 Å². The number of anilines is 1. The molecule has 6 heteroatoms. The van der Waals surface area contributed by atoms with Gasteiger partial charge in [-0.2, -0.15) is 0 Å². The highest BCUT2D eigenvalue weighted by atomic mass is 16.2. The largest absolute Gasteiger partial charge is 0.344 e. The second kappa shape index (κ2) is 7.47. The summed E-state index contributed by atoms with van der Waals surface area (Å²) in [6.45, 7) is 3.96. The van der Waals surface area contributed by atoms with Gasteiger partial charge in [0, 0.05) is 24.6 Å². The van der Waals surface area contributed by atoms with Crippen LogP contribution >= 0.6 is 0 Å². The SMILES string of the molecule is CCC(NC(=O)c1cccc(N2C(=O)CCC2=O)c1)c1cc(C)ccn1. The fraction of sp³-hybridized carbons (Fsp3) is 0.300. The Bertz CT molecular complexity index is 847. The van der Waals surface area contributed by atoms with Crippen LogP contribution in [-0.2, 0) is 9.59 Å². The van der Waals surface area contributed by atoms with Crippen LogP contribution in [0.3, 0.4) is 0 Å².